The first-order chi connectivity index (χ1) is 15.9. The number of aromatic nitrogens is 2. The molecular formula is C25H24FN3O4. The molecule has 1 aromatic heterocycles. The number of aliphatic carboxylic acids is 1. The van der Waals surface area contributed by atoms with Crippen LogP contribution < -0.4 is 15.2 Å². The molecule has 3 aromatic carbocycles. The van der Waals surface area contributed by atoms with Crippen molar-refractivity contribution in [1.82, 2.24) is 9.78 Å². The van der Waals surface area contributed by atoms with E-state index < -0.39 is 5.97 Å². The quantitative estimate of drug-likeness (QED) is 0.421. The van der Waals surface area contributed by atoms with Crippen LogP contribution in [0, 0.1) is 5.82 Å². The lowest BCUT2D eigenvalue weighted by atomic mass is 10.00. The third kappa shape index (κ3) is 4.51. The van der Waals surface area contributed by atoms with Crippen LogP contribution in [0.2, 0.25) is 0 Å². The number of nitrogens with two attached hydrogens (primary N) is 1. The molecule has 0 spiro atoms. The van der Waals surface area contributed by atoms with Crippen molar-refractivity contribution in [2.24, 2.45) is 12.8 Å². The Morgan fingerprint density at radius 2 is 1.97 bits per heavy atom. The van der Waals surface area contributed by atoms with Crippen molar-refractivity contribution in [3.05, 3.63) is 77.2 Å². The van der Waals surface area contributed by atoms with E-state index in [1.165, 1.54) is 7.11 Å². The van der Waals surface area contributed by atoms with Gasteiger partial charge in [-0.3, -0.25) is 9.48 Å². The highest BCUT2D eigenvalue weighted by atomic mass is 19.1. The average molecular weight is 449 g/mol. The third-order valence-corrected chi connectivity index (χ3v) is 5.52. The Labute approximate surface area is 190 Å². The van der Waals surface area contributed by atoms with Crippen molar-refractivity contribution in [2.45, 2.75) is 19.6 Å². The van der Waals surface area contributed by atoms with Crippen LogP contribution in [0.25, 0.3) is 22.0 Å². The highest BCUT2D eigenvalue weighted by molar-refractivity contribution is 5.87. The number of hydrogen-bond acceptors (Lipinski definition) is 5. The third-order valence-electron chi connectivity index (χ3n) is 5.52. The fraction of sp³-hybridized carbons (Fsp3) is 0.200. The summed E-state index contributed by atoms with van der Waals surface area (Å²) in [6.45, 7) is 0.221. The van der Waals surface area contributed by atoms with Crippen LogP contribution in [-0.4, -0.2) is 28.0 Å². The van der Waals surface area contributed by atoms with Gasteiger partial charge in [0.2, 0.25) is 0 Å². The molecule has 0 saturated heterocycles. The normalized spacial score (nSPS) is 11.0. The van der Waals surface area contributed by atoms with Crippen molar-refractivity contribution >= 4 is 16.9 Å². The largest absolute Gasteiger partial charge is 0.497 e. The molecule has 8 heteroatoms. The number of methoxy groups -OCH3 is 1. The Hall–Kier alpha value is -3.91. The summed E-state index contributed by atoms with van der Waals surface area (Å²) in [6, 6.07) is 15.8. The van der Waals surface area contributed by atoms with Crippen LogP contribution in [0.15, 0.2) is 54.6 Å². The molecule has 0 atom stereocenters. The van der Waals surface area contributed by atoms with Crippen molar-refractivity contribution in [2.75, 3.05) is 7.11 Å². The number of aryl methyl sites for hydroxylation is 1. The number of rotatable bonds is 8. The maximum absolute atomic E-state index is 14.9. The predicted octanol–water partition coefficient (Wildman–Crippen LogP) is 4.05. The number of carboxylic acid groups (broad SMARTS) is 1. The zero-order chi connectivity index (χ0) is 23.5. The fourth-order valence-corrected chi connectivity index (χ4v) is 3.82. The van der Waals surface area contributed by atoms with Gasteiger partial charge in [-0.05, 0) is 23.8 Å². The van der Waals surface area contributed by atoms with E-state index in [9.17, 15) is 14.3 Å². The van der Waals surface area contributed by atoms with Gasteiger partial charge < -0.3 is 20.3 Å². The second kappa shape index (κ2) is 9.30. The molecule has 0 amide bonds. The lowest BCUT2D eigenvalue weighted by Crippen LogP contribution is -2.05. The minimum atomic E-state index is -0.959. The first-order valence-corrected chi connectivity index (χ1v) is 10.4. The number of halogens is 1. The monoisotopic (exact) mass is 449 g/mol. The molecule has 0 aliphatic rings. The predicted molar refractivity (Wildman–Crippen MR) is 123 cm³/mol. The summed E-state index contributed by atoms with van der Waals surface area (Å²) in [5, 5.41) is 14.6. The highest BCUT2D eigenvalue weighted by Gasteiger charge is 2.16. The number of fused-ring (bicyclic) bond motifs is 1. The minimum Gasteiger partial charge on any atom is -0.497 e. The van der Waals surface area contributed by atoms with Gasteiger partial charge in [0.15, 0.2) is 0 Å². The van der Waals surface area contributed by atoms with Crippen molar-refractivity contribution in [1.29, 1.82) is 0 Å². The van der Waals surface area contributed by atoms with Gasteiger partial charge in [0.05, 0.1) is 19.0 Å². The van der Waals surface area contributed by atoms with Crippen LogP contribution in [0.3, 0.4) is 0 Å². The van der Waals surface area contributed by atoms with Gasteiger partial charge >= 0.3 is 5.97 Å². The van der Waals surface area contributed by atoms with Crippen molar-refractivity contribution in [3.63, 3.8) is 0 Å². The Kier molecular flexibility index (Phi) is 6.28. The van der Waals surface area contributed by atoms with E-state index in [2.05, 4.69) is 5.10 Å². The van der Waals surface area contributed by atoms with Crippen LogP contribution in [0.4, 0.5) is 4.39 Å². The summed E-state index contributed by atoms with van der Waals surface area (Å²) in [4.78, 5) is 11.2. The summed E-state index contributed by atoms with van der Waals surface area (Å²) in [5.74, 6) is -0.327. The highest BCUT2D eigenvalue weighted by Crippen LogP contribution is 2.31. The first-order valence-electron chi connectivity index (χ1n) is 10.4. The number of hydrogen-bond donors (Lipinski definition) is 2. The lowest BCUT2D eigenvalue weighted by Gasteiger charge is -2.12. The molecule has 4 aromatic rings. The number of nitrogens with zero attached hydrogens (tertiary/aromatic N) is 2. The molecule has 0 fully saturated rings. The maximum Gasteiger partial charge on any atom is 0.307 e. The molecule has 170 valence electrons. The van der Waals surface area contributed by atoms with Crippen LogP contribution in [0.5, 0.6) is 11.5 Å². The first kappa shape index (κ1) is 22.3. The second-order valence-corrected chi connectivity index (χ2v) is 7.62. The van der Waals surface area contributed by atoms with Gasteiger partial charge in [-0.1, -0.05) is 30.3 Å². The number of ether oxygens (including phenoxy) is 2. The molecule has 3 N–H and O–H groups in total. The van der Waals surface area contributed by atoms with Crippen LogP contribution >= 0.6 is 0 Å². The van der Waals surface area contributed by atoms with E-state index in [1.54, 1.807) is 41.1 Å². The summed E-state index contributed by atoms with van der Waals surface area (Å²) in [7, 11) is 3.35. The SMILES string of the molecule is COc1ccc(CC(=O)O)c(OCc2nn(C)c3ccc(-c4cccc(CN)c4F)cc23)c1. The smallest absolute Gasteiger partial charge is 0.307 e. The zero-order valence-electron chi connectivity index (χ0n) is 18.3. The maximum atomic E-state index is 14.9. The summed E-state index contributed by atoms with van der Waals surface area (Å²) in [5.41, 5.74) is 9.32. The van der Waals surface area contributed by atoms with Gasteiger partial charge in [-0.15, -0.1) is 0 Å². The van der Waals surface area contributed by atoms with Gasteiger partial charge in [0.1, 0.15) is 29.6 Å². The van der Waals surface area contributed by atoms with E-state index >= 15 is 0 Å². The number of carbonyl (C=O) groups is 1. The van der Waals surface area contributed by atoms with E-state index in [-0.39, 0.29) is 25.4 Å². The zero-order valence-corrected chi connectivity index (χ0v) is 18.3. The molecule has 33 heavy (non-hydrogen) atoms. The molecule has 0 radical (unpaired) electrons. The Morgan fingerprint density at radius 1 is 1.15 bits per heavy atom. The molecule has 1 heterocycles. The van der Waals surface area contributed by atoms with Gasteiger partial charge in [-0.2, -0.15) is 5.10 Å². The Morgan fingerprint density at radius 3 is 2.70 bits per heavy atom. The van der Waals surface area contributed by atoms with Gasteiger partial charge in [-0.25, -0.2) is 4.39 Å². The van der Waals surface area contributed by atoms with E-state index in [0.29, 0.717) is 39.4 Å². The second-order valence-electron chi connectivity index (χ2n) is 7.62. The minimum absolute atomic E-state index is 0.103. The molecule has 0 bridgehead atoms. The lowest BCUT2D eigenvalue weighted by molar-refractivity contribution is -0.136. The summed E-state index contributed by atoms with van der Waals surface area (Å²) in [6.07, 6.45) is -0.177. The Bertz CT molecular complexity index is 1330. The molecule has 0 aliphatic carbocycles. The molecule has 0 aliphatic heterocycles. The van der Waals surface area contributed by atoms with Crippen molar-refractivity contribution < 1.29 is 23.8 Å². The van der Waals surface area contributed by atoms with E-state index in [0.717, 1.165) is 10.9 Å². The topological polar surface area (TPSA) is 99.6 Å². The summed E-state index contributed by atoms with van der Waals surface area (Å²) < 4.78 is 27.8. The molecule has 0 unspecified atom stereocenters. The molecule has 7 nitrogen and oxygen atoms in total. The van der Waals surface area contributed by atoms with Crippen LogP contribution in [0.1, 0.15) is 16.8 Å². The van der Waals surface area contributed by atoms with Crippen molar-refractivity contribution in [3.8, 4) is 22.6 Å². The fourth-order valence-electron chi connectivity index (χ4n) is 3.82. The van der Waals surface area contributed by atoms with Crippen LogP contribution in [-0.2, 0) is 31.4 Å². The van der Waals surface area contributed by atoms with E-state index in [4.69, 9.17) is 15.2 Å². The average Bonchev–Trinajstić information content (AvgIpc) is 3.13. The number of benzene rings is 3. The molecule has 0 saturated carbocycles. The summed E-state index contributed by atoms with van der Waals surface area (Å²) >= 11 is 0. The number of carboxylic acids is 1. The molecule has 4 rings (SSSR count). The Balaban J connectivity index is 1.70. The van der Waals surface area contributed by atoms with Gasteiger partial charge in [0, 0.05) is 41.7 Å². The molecular weight excluding hydrogens is 425 g/mol. The van der Waals surface area contributed by atoms with Gasteiger partial charge in [0.25, 0.3) is 0 Å². The van der Waals surface area contributed by atoms with E-state index in [1.807, 2.05) is 25.2 Å². The standard InChI is InChI=1S/C25H24FN3O4/c1-29-22-9-7-15(19-5-3-4-17(13-27)25(19)26)10-20(22)21(28-29)14-33-23-12-18(32-2)8-6-16(23)11-24(30)31/h3-10,12H,11,13-14,27H2,1-2H3,(H,30,31).